The monoisotopic (exact) mass is 311 g/mol. The number of amides is 1. The van der Waals surface area contributed by atoms with E-state index in [4.69, 9.17) is 0 Å². The van der Waals surface area contributed by atoms with Gasteiger partial charge in [-0.15, -0.1) is 5.10 Å². The Kier molecular flexibility index (Phi) is 3.86. The van der Waals surface area contributed by atoms with Crippen molar-refractivity contribution < 1.29 is 4.79 Å². The smallest absolute Gasteiger partial charge is 0.265 e. The molecule has 0 bridgehead atoms. The summed E-state index contributed by atoms with van der Waals surface area (Å²) >= 11 is 4.49. The van der Waals surface area contributed by atoms with Crippen molar-refractivity contribution in [2.75, 3.05) is 0 Å². The number of rotatable bonds is 3. The number of benzene rings is 1. The van der Waals surface area contributed by atoms with E-state index in [9.17, 15) is 4.79 Å². The first-order chi connectivity index (χ1) is 8.16. The lowest BCUT2D eigenvalue weighted by atomic mass is 10.1. The minimum Gasteiger partial charge on any atom is -0.345 e. The number of nitrogens with zero attached hydrogens (tertiary/aromatic N) is 2. The van der Waals surface area contributed by atoms with Gasteiger partial charge >= 0.3 is 0 Å². The van der Waals surface area contributed by atoms with Gasteiger partial charge in [0.15, 0.2) is 0 Å². The highest BCUT2D eigenvalue weighted by atomic mass is 79.9. The van der Waals surface area contributed by atoms with Gasteiger partial charge in [-0.25, -0.2) is 0 Å². The molecule has 1 heterocycles. The average Bonchev–Trinajstić information content (AvgIpc) is 2.82. The Morgan fingerprint density at radius 3 is 3.00 bits per heavy atom. The van der Waals surface area contributed by atoms with Gasteiger partial charge in [0, 0.05) is 4.47 Å². The standard InChI is InChI=1S/C11H10BrN3OS/c1-7(8-3-2-4-9(12)5-8)14-11(16)10-6-13-15-17-10/h2-7H,1H3,(H,14,16). The number of hydrogen-bond acceptors (Lipinski definition) is 4. The zero-order valence-corrected chi connectivity index (χ0v) is 11.5. The molecule has 6 heteroatoms. The maximum Gasteiger partial charge on any atom is 0.265 e. The van der Waals surface area contributed by atoms with Crippen molar-refractivity contribution in [2.45, 2.75) is 13.0 Å². The van der Waals surface area contributed by atoms with Crippen LogP contribution in [0, 0.1) is 0 Å². The quantitative estimate of drug-likeness (QED) is 0.948. The second-order valence-corrected chi connectivity index (χ2v) is 5.23. The molecule has 1 aromatic heterocycles. The predicted octanol–water partition coefficient (Wildman–Crippen LogP) is 2.79. The summed E-state index contributed by atoms with van der Waals surface area (Å²) in [6, 6.07) is 7.79. The van der Waals surface area contributed by atoms with Gasteiger partial charge in [0.2, 0.25) is 0 Å². The number of nitrogens with one attached hydrogen (secondary N) is 1. The molecule has 17 heavy (non-hydrogen) atoms. The van der Waals surface area contributed by atoms with Crippen LogP contribution in [-0.4, -0.2) is 15.5 Å². The van der Waals surface area contributed by atoms with E-state index in [1.807, 2.05) is 31.2 Å². The van der Waals surface area contributed by atoms with Gasteiger partial charge in [-0.3, -0.25) is 4.79 Å². The highest BCUT2D eigenvalue weighted by molar-refractivity contribution is 9.10. The molecular weight excluding hydrogens is 302 g/mol. The summed E-state index contributed by atoms with van der Waals surface area (Å²) in [5, 5.41) is 6.53. The van der Waals surface area contributed by atoms with Crippen LogP contribution in [0.5, 0.6) is 0 Å². The molecule has 1 atom stereocenters. The van der Waals surface area contributed by atoms with Crippen molar-refractivity contribution >= 4 is 33.4 Å². The number of halogens is 1. The minimum atomic E-state index is -0.146. The van der Waals surface area contributed by atoms with Crippen LogP contribution in [0.2, 0.25) is 0 Å². The molecule has 1 unspecified atom stereocenters. The van der Waals surface area contributed by atoms with E-state index in [0.717, 1.165) is 21.6 Å². The Morgan fingerprint density at radius 2 is 2.35 bits per heavy atom. The van der Waals surface area contributed by atoms with Crippen LogP contribution in [0.1, 0.15) is 28.2 Å². The zero-order valence-electron chi connectivity index (χ0n) is 9.05. The molecule has 88 valence electrons. The van der Waals surface area contributed by atoms with E-state index >= 15 is 0 Å². The lowest BCUT2D eigenvalue weighted by molar-refractivity contribution is 0.0944. The van der Waals surface area contributed by atoms with Gasteiger partial charge in [0.1, 0.15) is 4.88 Å². The van der Waals surface area contributed by atoms with Crippen LogP contribution >= 0.6 is 27.5 Å². The molecule has 0 fully saturated rings. The van der Waals surface area contributed by atoms with Crippen molar-refractivity contribution in [3.63, 3.8) is 0 Å². The summed E-state index contributed by atoms with van der Waals surface area (Å²) < 4.78 is 4.66. The molecule has 1 N–H and O–H groups in total. The third-order valence-corrected chi connectivity index (χ3v) is 3.44. The molecule has 4 nitrogen and oxygen atoms in total. The third kappa shape index (κ3) is 3.10. The molecule has 0 saturated carbocycles. The molecule has 2 rings (SSSR count). The first-order valence-corrected chi connectivity index (χ1v) is 6.57. The molecule has 0 aliphatic rings. The molecule has 0 radical (unpaired) electrons. The van der Waals surface area contributed by atoms with Gasteiger partial charge in [-0.2, -0.15) is 0 Å². The summed E-state index contributed by atoms with van der Waals surface area (Å²) in [5.74, 6) is -0.146. The minimum absolute atomic E-state index is 0.0536. The van der Waals surface area contributed by atoms with E-state index in [0.29, 0.717) is 4.88 Å². The van der Waals surface area contributed by atoms with Gasteiger partial charge in [0.25, 0.3) is 5.91 Å². The fourth-order valence-electron chi connectivity index (χ4n) is 1.39. The highest BCUT2D eigenvalue weighted by Crippen LogP contribution is 2.18. The Bertz CT molecular complexity index is 515. The number of carbonyl (C=O) groups is 1. The number of hydrogen-bond donors (Lipinski definition) is 1. The van der Waals surface area contributed by atoms with Crippen molar-refractivity contribution in [3.8, 4) is 0 Å². The van der Waals surface area contributed by atoms with Gasteiger partial charge in [-0.1, -0.05) is 32.6 Å². The summed E-state index contributed by atoms with van der Waals surface area (Å²) in [6.45, 7) is 1.94. The van der Waals surface area contributed by atoms with Crippen molar-refractivity contribution in [3.05, 3.63) is 45.4 Å². The largest absolute Gasteiger partial charge is 0.345 e. The topological polar surface area (TPSA) is 54.9 Å². The second kappa shape index (κ2) is 5.37. The second-order valence-electron chi connectivity index (χ2n) is 3.53. The highest BCUT2D eigenvalue weighted by Gasteiger charge is 2.13. The van der Waals surface area contributed by atoms with E-state index in [1.165, 1.54) is 6.20 Å². The predicted molar refractivity (Wildman–Crippen MR) is 69.9 cm³/mol. The van der Waals surface area contributed by atoms with Crippen LogP contribution in [0.25, 0.3) is 0 Å². The van der Waals surface area contributed by atoms with Crippen LogP contribution in [0.15, 0.2) is 34.9 Å². The molecule has 1 aromatic carbocycles. The Labute approximate surface area is 111 Å². The van der Waals surface area contributed by atoms with E-state index in [2.05, 4.69) is 30.8 Å². The molecule has 2 aromatic rings. The Balaban J connectivity index is 2.07. The molecular formula is C11H10BrN3OS. The molecule has 0 spiro atoms. The zero-order chi connectivity index (χ0) is 12.3. The SMILES string of the molecule is CC(NC(=O)c1cnns1)c1cccc(Br)c1. The van der Waals surface area contributed by atoms with Crippen molar-refractivity contribution in [1.82, 2.24) is 14.9 Å². The first-order valence-electron chi connectivity index (χ1n) is 5.00. The Morgan fingerprint density at radius 1 is 1.53 bits per heavy atom. The van der Waals surface area contributed by atoms with Crippen LogP contribution in [0.4, 0.5) is 0 Å². The van der Waals surface area contributed by atoms with E-state index < -0.39 is 0 Å². The average molecular weight is 312 g/mol. The molecule has 0 saturated heterocycles. The molecule has 1 amide bonds. The third-order valence-electron chi connectivity index (χ3n) is 2.28. The maximum atomic E-state index is 11.8. The van der Waals surface area contributed by atoms with Crippen LogP contribution in [-0.2, 0) is 0 Å². The fourth-order valence-corrected chi connectivity index (χ4v) is 2.23. The summed E-state index contributed by atoms with van der Waals surface area (Å²) in [7, 11) is 0. The normalized spacial score (nSPS) is 12.1. The van der Waals surface area contributed by atoms with E-state index in [-0.39, 0.29) is 11.9 Å². The van der Waals surface area contributed by atoms with Gasteiger partial charge in [-0.05, 0) is 36.2 Å². The maximum absolute atomic E-state index is 11.8. The van der Waals surface area contributed by atoms with Crippen molar-refractivity contribution in [2.24, 2.45) is 0 Å². The Hall–Kier alpha value is -1.27. The van der Waals surface area contributed by atoms with Crippen LogP contribution < -0.4 is 5.32 Å². The molecule has 0 aliphatic heterocycles. The summed E-state index contributed by atoms with van der Waals surface area (Å²) in [4.78, 5) is 12.3. The van der Waals surface area contributed by atoms with Gasteiger partial charge < -0.3 is 5.32 Å². The van der Waals surface area contributed by atoms with Crippen LogP contribution in [0.3, 0.4) is 0 Å². The van der Waals surface area contributed by atoms with Crippen molar-refractivity contribution in [1.29, 1.82) is 0 Å². The van der Waals surface area contributed by atoms with E-state index in [1.54, 1.807) is 0 Å². The number of aromatic nitrogens is 2. The number of carbonyl (C=O) groups excluding carboxylic acids is 1. The first kappa shape index (κ1) is 12.2. The summed E-state index contributed by atoms with van der Waals surface area (Å²) in [6.07, 6.45) is 1.47. The molecule has 0 aliphatic carbocycles. The lowest BCUT2D eigenvalue weighted by Gasteiger charge is -2.13. The summed E-state index contributed by atoms with van der Waals surface area (Å²) in [5.41, 5.74) is 1.05. The fraction of sp³-hybridized carbons (Fsp3) is 0.182. The van der Waals surface area contributed by atoms with Gasteiger partial charge in [0.05, 0.1) is 12.2 Å². The lowest BCUT2D eigenvalue weighted by Crippen LogP contribution is -2.25.